The van der Waals surface area contributed by atoms with Gasteiger partial charge in [0.1, 0.15) is 0 Å². The summed E-state index contributed by atoms with van der Waals surface area (Å²) in [6.07, 6.45) is 1.76. The highest BCUT2D eigenvalue weighted by molar-refractivity contribution is 7.99. The number of hydrogen-bond acceptors (Lipinski definition) is 5. The van der Waals surface area contributed by atoms with Gasteiger partial charge in [0.25, 0.3) is 0 Å². The predicted octanol–water partition coefficient (Wildman–Crippen LogP) is 2.84. The zero-order chi connectivity index (χ0) is 16.7. The van der Waals surface area contributed by atoms with E-state index in [1.807, 2.05) is 24.3 Å². The third kappa shape index (κ3) is 6.71. The number of nitrogens with one attached hydrogen (secondary N) is 2. The summed E-state index contributed by atoms with van der Waals surface area (Å²) in [5.74, 6) is 0.990. The molecule has 1 aromatic carbocycles. The summed E-state index contributed by atoms with van der Waals surface area (Å²) in [5.41, 5.74) is 1.90. The SMILES string of the molecule is COC(=O)CSCc1cccc(NC(=O)[C@H]2CCN[C@@H](C)C2)c1.Cl. The topological polar surface area (TPSA) is 67.4 Å². The van der Waals surface area contributed by atoms with Crippen molar-refractivity contribution in [3.63, 3.8) is 0 Å². The highest BCUT2D eigenvalue weighted by Gasteiger charge is 2.24. The monoisotopic (exact) mass is 372 g/mol. The van der Waals surface area contributed by atoms with Gasteiger partial charge in [-0.05, 0) is 44.0 Å². The number of amides is 1. The number of anilines is 1. The van der Waals surface area contributed by atoms with Crippen LogP contribution in [-0.2, 0) is 20.1 Å². The Morgan fingerprint density at radius 3 is 2.92 bits per heavy atom. The van der Waals surface area contributed by atoms with Crippen molar-refractivity contribution in [2.24, 2.45) is 5.92 Å². The number of halogens is 1. The van der Waals surface area contributed by atoms with Gasteiger partial charge >= 0.3 is 5.97 Å². The zero-order valence-corrected chi connectivity index (χ0v) is 15.7. The Bertz CT molecular complexity index is 556. The molecule has 2 rings (SSSR count). The van der Waals surface area contributed by atoms with Crippen LogP contribution in [0, 0.1) is 5.92 Å². The van der Waals surface area contributed by atoms with E-state index < -0.39 is 0 Å². The molecule has 0 radical (unpaired) electrons. The maximum Gasteiger partial charge on any atom is 0.315 e. The van der Waals surface area contributed by atoms with Crippen LogP contribution in [0.15, 0.2) is 24.3 Å². The molecule has 24 heavy (non-hydrogen) atoms. The van der Waals surface area contributed by atoms with Crippen molar-refractivity contribution in [2.45, 2.75) is 31.6 Å². The highest BCUT2D eigenvalue weighted by atomic mass is 35.5. The first kappa shape index (κ1) is 20.8. The summed E-state index contributed by atoms with van der Waals surface area (Å²) in [5, 5.41) is 6.37. The second kappa shape index (κ2) is 10.6. The summed E-state index contributed by atoms with van der Waals surface area (Å²) >= 11 is 1.50. The number of hydrogen-bond donors (Lipinski definition) is 2. The first-order valence-electron chi connectivity index (χ1n) is 7.86. The minimum absolute atomic E-state index is 0. The molecule has 7 heteroatoms. The summed E-state index contributed by atoms with van der Waals surface area (Å²) in [6, 6.07) is 8.17. The molecule has 1 heterocycles. The normalized spacial score (nSPS) is 19.9. The Balaban J connectivity index is 0.00000288. The first-order valence-corrected chi connectivity index (χ1v) is 9.01. The van der Waals surface area contributed by atoms with Gasteiger partial charge in [0.05, 0.1) is 12.9 Å². The second-order valence-electron chi connectivity index (χ2n) is 5.84. The van der Waals surface area contributed by atoms with E-state index in [1.54, 1.807) is 0 Å². The van der Waals surface area contributed by atoms with Crippen LogP contribution in [0.3, 0.4) is 0 Å². The lowest BCUT2D eigenvalue weighted by molar-refractivity contribution is -0.137. The molecule has 1 aromatic rings. The van der Waals surface area contributed by atoms with Gasteiger partial charge in [-0.25, -0.2) is 0 Å². The number of carbonyl (C=O) groups excluding carboxylic acids is 2. The van der Waals surface area contributed by atoms with E-state index in [4.69, 9.17) is 0 Å². The number of methoxy groups -OCH3 is 1. The van der Waals surface area contributed by atoms with Crippen LogP contribution in [0.1, 0.15) is 25.3 Å². The van der Waals surface area contributed by atoms with Crippen molar-refractivity contribution < 1.29 is 14.3 Å². The van der Waals surface area contributed by atoms with Gasteiger partial charge in [0.15, 0.2) is 0 Å². The maximum atomic E-state index is 12.4. The molecule has 0 spiro atoms. The van der Waals surface area contributed by atoms with E-state index in [-0.39, 0.29) is 30.2 Å². The Morgan fingerprint density at radius 1 is 1.42 bits per heavy atom. The lowest BCUT2D eigenvalue weighted by Gasteiger charge is -2.27. The van der Waals surface area contributed by atoms with Gasteiger partial charge in [-0.2, -0.15) is 0 Å². The number of benzene rings is 1. The number of piperidine rings is 1. The van der Waals surface area contributed by atoms with Crippen molar-refractivity contribution >= 4 is 41.7 Å². The van der Waals surface area contributed by atoms with Crippen LogP contribution in [0.25, 0.3) is 0 Å². The van der Waals surface area contributed by atoms with E-state index in [2.05, 4.69) is 22.3 Å². The Labute approximate surface area is 153 Å². The Kier molecular flexibility index (Phi) is 9.18. The minimum Gasteiger partial charge on any atom is -0.468 e. The van der Waals surface area contributed by atoms with Gasteiger partial charge in [-0.15, -0.1) is 24.2 Å². The van der Waals surface area contributed by atoms with Crippen LogP contribution < -0.4 is 10.6 Å². The first-order chi connectivity index (χ1) is 11.1. The molecule has 1 amide bonds. The second-order valence-corrected chi connectivity index (χ2v) is 6.82. The van der Waals surface area contributed by atoms with Gasteiger partial charge in [-0.3, -0.25) is 9.59 Å². The number of esters is 1. The fraction of sp³-hybridized carbons (Fsp3) is 0.529. The van der Waals surface area contributed by atoms with Gasteiger partial charge < -0.3 is 15.4 Å². The van der Waals surface area contributed by atoms with E-state index >= 15 is 0 Å². The van der Waals surface area contributed by atoms with Gasteiger partial charge in [0.2, 0.25) is 5.91 Å². The standard InChI is InChI=1S/C17H24N2O3S.ClH/c1-12-8-14(6-7-18-12)17(21)19-15-5-3-4-13(9-15)10-23-11-16(20)22-2;/h3-5,9,12,14,18H,6-8,10-11H2,1-2H3,(H,19,21);1H/t12-,14-;/m0./s1. The van der Waals surface area contributed by atoms with E-state index in [9.17, 15) is 9.59 Å². The molecule has 5 nitrogen and oxygen atoms in total. The smallest absolute Gasteiger partial charge is 0.315 e. The van der Waals surface area contributed by atoms with E-state index in [1.165, 1.54) is 18.9 Å². The predicted molar refractivity (Wildman–Crippen MR) is 101 cm³/mol. The van der Waals surface area contributed by atoms with Crippen LogP contribution in [0.2, 0.25) is 0 Å². The fourth-order valence-electron chi connectivity index (χ4n) is 2.66. The van der Waals surface area contributed by atoms with Crippen LogP contribution in [0.4, 0.5) is 5.69 Å². The van der Waals surface area contributed by atoms with Crippen molar-refractivity contribution in [3.05, 3.63) is 29.8 Å². The number of thioether (sulfide) groups is 1. The molecule has 1 aliphatic heterocycles. The molecule has 0 aliphatic carbocycles. The van der Waals surface area contributed by atoms with Crippen molar-refractivity contribution in [1.82, 2.24) is 5.32 Å². The lowest BCUT2D eigenvalue weighted by atomic mass is 9.92. The number of carbonyl (C=O) groups is 2. The molecule has 1 aliphatic rings. The average molecular weight is 373 g/mol. The minimum atomic E-state index is -0.223. The number of rotatable bonds is 6. The molecule has 0 unspecified atom stereocenters. The van der Waals surface area contributed by atoms with Crippen molar-refractivity contribution in [3.8, 4) is 0 Å². The van der Waals surface area contributed by atoms with Crippen LogP contribution in [-0.4, -0.2) is 37.3 Å². The molecular weight excluding hydrogens is 348 g/mol. The third-order valence-corrected chi connectivity index (χ3v) is 4.88. The quantitative estimate of drug-likeness (QED) is 0.751. The highest BCUT2D eigenvalue weighted by Crippen LogP contribution is 2.20. The zero-order valence-electron chi connectivity index (χ0n) is 14.0. The molecule has 0 saturated carbocycles. The Morgan fingerprint density at radius 2 is 2.21 bits per heavy atom. The van der Waals surface area contributed by atoms with Crippen molar-refractivity contribution in [2.75, 3.05) is 24.7 Å². The van der Waals surface area contributed by atoms with Crippen LogP contribution >= 0.6 is 24.2 Å². The summed E-state index contributed by atoms with van der Waals surface area (Å²) < 4.78 is 4.62. The van der Waals surface area contributed by atoms with Gasteiger partial charge in [0, 0.05) is 23.4 Å². The third-order valence-electron chi connectivity index (χ3n) is 3.91. The largest absolute Gasteiger partial charge is 0.468 e. The lowest BCUT2D eigenvalue weighted by Crippen LogP contribution is -2.40. The summed E-state index contributed by atoms with van der Waals surface area (Å²) in [6.45, 7) is 3.00. The molecule has 1 saturated heterocycles. The summed E-state index contributed by atoms with van der Waals surface area (Å²) in [4.78, 5) is 23.5. The van der Waals surface area contributed by atoms with Crippen molar-refractivity contribution in [1.29, 1.82) is 0 Å². The van der Waals surface area contributed by atoms with Crippen LogP contribution in [0.5, 0.6) is 0 Å². The molecule has 134 valence electrons. The number of ether oxygens (including phenoxy) is 1. The van der Waals surface area contributed by atoms with E-state index in [0.29, 0.717) is 17.5 Å². The molecule has 1 fully saturated rings. The van der Waals surface area contributed by atoms with Gasteiger partial charge in [-0.1, -0.05) is 12.1 Å². The Hall–Kier alpha value is -1.24. The van der Waals surface area contributed by atoms with E-state index in [0.717, 1.165) is 30.6 Å². The average Bonchev–Trinajstić information content (AvgIpc) is 2.55. The molecule has 2 N–H and O–H groups in total. The molecular formula is C17H25ClN2O3S. The summed E-state index contributed by atoms with van der Waals surface area (Å²) in [7, 11) is 1.39. The molecule has 0 bridgehead atoms. The maximum absolute atomic E-state index is 12.4. The molecule has 0 aromatic heterocycles. The molecule has 2 atom stereocenters. The fourth-order valence-corrected chi connectivity index (χ4v) is 3.47.